The van der Waals surface area contributed by atoms with Crippen LogP contribution in [0.15, 0.2) is 24.3 Å². The molecule has 1 aromatic carbocycles. The fraction of sp³-hybridized carbons (Fsp3) is 0.833. The maximum absolute atomic E-state index is 8.63. The van der Waals surface area contributed by atoms with Crippen LogP contribution in [-0.2, 0) is 23.3 Å². The molecule has 0 bridgehead atoms. The highest BCUT2D eigenvalue weighted by Crippen LogP contribution is 2.39. The average Bonchev–Trinajstić information content (AvgIpc) is 3.52. The van der Waals surface area contributed by atoms with E-state index in [0.29, 0.717) is 36.0 Å². The summed E-state index contributed by atoms with van der Waals surface area (Å²) in [6.45, 7) is 39.5. The molecular formula is C36H73B5O8. The summed E-state index contributed by atoms with van der Waals surface area (Å²) in [6, 6.07) is 7.76. The van der Waals surface area contributed by atoms with Gasteiger partial charge in [0.25, 0.3) is 13.8 Å². The van der Waals surface area contributed by atoms with Crippen LogP contribution in [-0.4, -0.2) is 71.7 Å². The molecule has 2 fully saturated rings. The van der Waals surface area contributed by atoms with Gasteiger partial charge >= 0.3 is 21.4 Å². The molecule has 1 N–H and O–H groups in total. The van der Waals surface area contributed by atoms with Gasteiger partial charge in [0, 0.05) is 31.6 Å². The van der Waals surface area contributed by atoms with Crippen molar-refractivity contribution in [2.45, 2.75) is 171 Å². The third-order valence-corrected chi connectivity index (χ3v) is 8.93. The molecule has 3 aliphatic heterocycles. The van der Waals surface area contributed by atoms with E-state index < -0.39 is 0 Å². The van der Waals surface area contributed by atoms with Crippen LogP contribution in [0.2, 0.25) is 42.2 Å². The van der Waals surface area contributed by atoms with Crippen LogP contribution < -0.4 is 9.31 Å². The van der Waals surface area contributed by atoms with Crippen LogP contribution in [0, 0.1) is 5.41 Å². The summed E-state index contributed by atoms with van der Waals surface area (Å²) in [4.78, 5) is 0. The first kappa shape index (κ1) is 47.9. The number of para-hydroxylation sites is 2. The fourth-order valence-corrected chi connectivity index (χ4v) is 4.35. The lowest BCUT2D eigenvalue weighted by molar-refractivity contribution is 0.00578. The van der Waals surface area contributed by atoms with Gasteiger partial charge in [0.05, 0.1) is 11.2 Å². The second-order valence-electron chi connectivity index (χ2n) is 17.0. The van der Waals surface area contributed by atoms with Crippen molar-refractivity contribution in [2.75, 3.05) is 20.3 Å². The molecule has 3 heterocycles. The van der Waals surface area contributed by atoms with Gasteiger partial charge in [-0.1, -0.05) is 109 Å². The molecule has 4 rings (SSSR count). The summed E-state index contributed by atoms with van der Waals surface area (Å²) in [5, 5.41) is 8.63. The third-order valence-electron chi connectivity index (χ3n) is 8.93. The minimum atomic E-state index is -0.179. The van der Waals surface area contributed by atoms with E-state index in [4.69, 9.17) is 37.6 Å². The standard InChI is InChI=1S/C9H11BO2.C9H19BO2.C8H17BO2.C6H15BO.C4H11BO/c1-7(2)10-11-8-5-3-4-6-9(8)12-10;1-7(2)10-11-8(3,4)9(5,6)12-10;1-7(2)9-10-5-8(3,4)6-11-9;1-5-7(8-4)6(2)3;1-4(2)5(3)6/h3-7H,1-2H3;7H,1-6H3;7H,5-6H2,1-4H3;6H,5H2,1-4H3;4,6H,1-3H3. The molecule has 0 spiro atoms. The predicted octanol–water partition coefficient (Wildman–Crippen LogP) is 9.87. The molecule has 0 aliphatic carbocycles. The first-order valence-electron chi connectivity index (χ1n) is 18.6. The number of benzene rings is 1. The van der Waals surface area contributed by atoms with Crippen LogP contribution in [0.5, 0.6) is 11.5 Å². The Labute approximate surface area is 304 Å². The third kappa shape index (κ3) is 17.8. The molecule has 0 saturated carbocycles. The Bertz CT molecular complexity index is 960. The van der Waals surface area contributed by atoms with Gasteiger partial charge in [0.15, 0.2) is 0 Å². The van der Waals surface area contributed by atoms with Crippen molar-refractivity contribution in [3.63, 3.8) is 0 Å². The first-order valence-corrected chi connectivity index (χ1v) is 18.6. The van der Waals surface area contributed by atoms with E-state index in [9.17, 15) is 0 Å². The highest BCUT2D eigenvalue weighted by Gasteiger charge is 2.51. The van der Waals surface area contributed by atoms with E-state index in [1.54, 1.807) is 13.9 Å². The number of rotatable bonds is 7. The summed E-state index contributed by atoms with van der Waals surface area (Å²) in [7, 11) is 1.63. The molecule has 8 nitrogen and oxygen atoms in total. The monoisotopic (exact) mass is 689 g/mol. The summed E-state index contributed by atoms with van der Waals surface area (Å²) < 4.78 is 38.9. The van der Waals surface area contributed by atoms with E-state index in [0.717, 1.165) is 31.0 Å². The SMILES string of the molecule is CB(O)C(C)C.CC(C)B1OC(C)(C)C(C)(C)O1.CC(C)B1OCC(C)(C)CO1.CC(C)B1Oc2ccccc2O1.CCB(OC)C(C)C. The fourth-order valence-electron chi connectivity index (χ4n) is 4.35. The quantitative estimate of drug-likeness (QED) is 0.284. The van der Waals surface area contributed by atoms with Gasteiger partial charge in [-0.15, -0.1) is 0 Å². The summed E-state index contributed by atoms with van der Waals surface area (Å²) in [5.74, 6) is 4.05. The zero-order valence-corrected chi connectivity index (χ0v) is 35.0. The maximum Gasteiger partial charge on any atom is 0.597 e. The molecule has 13 heteroatoms. The minimum absolute atomic E-state index is 0.0167. The molecule has 0 unspecified atom stereocenters. The molecule has 0 amide bonds. The van der Waals surface area contributed by atoms with Crippen LogP contribution in [0.3, 0.4) is 0 Å². The Morgan fingerprint density at radius 3 is 1.29 bits per heavy atom. The molecule has 2 saturated heterocycles. The van der Waals surface area contributed by atoms with E-state index in [1.807, 2.05) is 38.1 Å². The second-order valence-corrected chi connectivity index (χ2v) is 17.0. The topological polar surface area (TPSA) is 84.8 Å². The van der Waals surface area contributed by atoms with Gasteiger partial charge in [0.2, 0.25) is 0 Å². The highest BCUT2D eigenvalue weighted by atomic mass is 16.7. The average molecular weight is 688 g/mol. The van der Waals surface area contributed by atoms with Crippen molar-refractivity contribution in [3.05, 3.63) is 24.3 Å². The Hall–Kier alpha value is -1.10. The largest absolute Gasteiger partial charge is 0.597 e. The first-order chi connectivity index (χ1) is 22.4. The molecular weight excluding hydrogens is 614 g/mol. The molecule has 0 aromatic heterocycles. The van der Waals surface area contributed by atoms with Gasteiger partial charge in [-0.3, -0.25) is 0 Å². The van der Waals surface area contributed by atoms with Crippen molar-refractivity contribution < 1.29 is 37.6 Å². The lowest BCUT2D eigenvalue weighted by Gasteiger charge is -2.34. The van der Waals surface area contributed by atoms with Crippen LogP contribution in [0.4, 0.5) is 0 Å². The smallest absolute Gasteiger partial charge is 0.523 e. The van der Waals surface area contributed by atoms with Crippen molar-refractivity contribution in [1.82, 2.24) is 0 Å². The summed E-state index contributed by atoms with van der Waals surface area (Å²) in [6.07, 6.45) is 1.12. The Balaban J connectivity index is 0.000000601. The van der Waals surface area contributed by atoms with E-state index in [1.165, 1.54) is 0 Å². The van der Waals surface area contributed by atoms with Gasteiger partial charge < -0.3 is 37.6 Å². The van der Waals surface area contributed by atoms with Crippen molar-refractivity contribution >= 4 is 35.2 Å². The van der Waals surface area contributed by atoms with Crippen molar-refractivity contribution in [1.29, 1.82) is 0 Å². The highest BCUT2D eigenvalue weighted by molar-refractivity contribution is 6.53. The summed E-state index contributed by atoms with van der Waals surface area (Å²) >= 11 is 0. The number of hydrogen-bond donors (Lipinski definition) is 1. The van der Waals surface area contributed by atoms with E-state index >= 15 is 0 Å². The van der Waals surface area contributed by atoms with Crippen molar-refractivity contribution in [2.24, 2.45) is 5.41 Å². The molecule has 0 atom stereocenters. The lowest BCUT2D eigenvalue weighted by atomic mass is 9.55. The zero-order chi connectivity index (χ0) is 38.3. The normalized spacial score (nSPS) is 18.3. The Morgan fingerprint density at radius 1 is 0.694 bits per heavy atom. The number of hydrogen-bond acceptors (Lipinski definition) is 8. The zero-order valence-electron chi connectivity index (χ0n) is 35.0. The molecule has 0 radical (unpaired) electrons. The predicted molar refractivity (Wildman–Crippen MR) is 214 cm³/mol. The van der Waals surface area contributed by atoms with E-state index in [-0.39, 0.29) is 44.9 Å². The Kier molecular flexibility index (Phi) is 21.6. The molecule has 49 heavy (non-hydrogen) atoms. The van der Waals surface area contributed by atoms with Gasteiger partial charge in [-0.25, -0.2) is 0 Å². The van der Waals surface area contributed by atoms with Gasteiger partial charge in [0.1, 0.15) is 11.5 Å². The summed E-state index contributed by atoms with van der Waals surface area (Å²) in [5.41, 5.74) is -0.157. The van der Waals surface area contributed by atoms with E-state index in [2.05, 4.69) is 104 Å². The molecule has 1 aromatic rings. The Morgan fingerprint density at radius 2 is 1.06 bits per heavy atom. The van der Waals surface area contributed by atoms with Gasteiger partial charge in [-0.2, -0.15) is 0 Å². The van der Waals surface area contributed by atoms with Crippen LogP contribution in [0.25, 0.3) is 0 Å². The molecule has 3 aliphatic rings. The maximum atomic E-state index is 8.63. The number of fused-ring (bicyclic) bond motifs is 1. The minimum Gasteiger partial charge on any atom is -0.523 e. The second kappa shape index (κ2) is 22.1. The van der Waals surface area contributed by atoms with Crippen LogP contribution in [0.1, 0.15) is 118 Å². The van der Waals surface area contributed by atoms with Crippen LogP contribution >= 0.6 is 0 Å². The lowest BCUT2D eigenvalue weighted by Crippen LogP contribution is -2.41. The van der Waals surface area contributed by atoms with Gasteiger partial charge in [-0.05, 0) is 69.4 Å². The van der Waals surface area contributed by atoms with Crippen molar-refractivity contribution in [3.8, 4) is 11.5 Å². The molecule has 280 valence electrons.